The number of carbonyl (C=O) groups excluding carboxylic acids is 1. The summed E-state index contributed by atoms with van der Waals surface area (Å²) < 4.78 is 10.8. The summed E-state index contributed by atoms with van der Waals surface area (Å²) in [5.74, 6) is 1.12. The Kier molecular flexibility index (Phi) is 5.91. The molecule has 0 spiro atoms. The summed E-state index contributed by atoms with van der Waals surface area (Å²) in [6.45, 7) is 4.52. The average molecular weight is 300 g/mol. The number of rotatable bonds is 7. The van der Waals surface area contributed by atoms with E-state index in [1.807, 2.05) is 43.3 Å². The zero-order chi connectivity index (χ0) is 15.8. The number of hydrogen-bond acceptors (Lipinski definition) is 4. The largest absolute Gasteiger partial charge is 0.439 e. The van der Waals surface area contributed by atoms with Crippen LogP contribution >= 0.6 is 0 Å². The molecule has 0 fully saturated rings. The molecule has 1 atom stereocenters. The molecule has 22 heavy (non-hydrogen) atoms. The van der Waals surface area contributed by atoms with Crippen molar-refractivity contribution < 1.29 is 14.3 Å². The number of hydrogen-bond donors (Lipinski definition) is 1. The van der Waals surface area contributed by atoms with E-state index in [4.69, 9.17) is 9.47 Å². The average Bonchev–Trinajstić information content (AvgIpc) is 2.55. The number of aromatic nitrogens is 1. The molecule has 2 rings (SSSR count). The van der Waals surface area contributed by atoms with Gasteiger partial charge in [0.05, 0.1) is 0 Å². The second kappa shape index (κ2) is 8.14. The lowest BCUT2D eigenvalue weighted by atomic mass is 10.2. The molecule has 2 aromatic rings. The Balaban J connectivity index is 1.85. The maximum Gasteiger partial charge on any atom is 0.249 e. The fraction of sp³-hybridized carbons (Fsp3) is 0.294. The van der Waals surface area contributed by atoms with Crippen LogP contribution in [0, 0.1) is 0 Å². The summed E-state index contributed by atoms with van der Waals surface area (Å²) in [7, 11) is 0. The first-order valence-electron chi connectivity index (χ1n) is 7.26. The topological polar surface area (TPSA) is 60.5 Å². The van der Waals surface area contributed by atoms with Crippen LogP contribution in [0.5, 0.6) is 11.6 Å². The molecule has 5 heteroatoms. The smallest absolute Gasteiger partial charge is 0.249 e. The van der Waals surface area contributed by atoms with E-state index >= 15 is 0 Å². The standard InChI is InChI=1S/C17H20N2O3/c1-3-21-13(2)17(20)19-12-14-9-10-16(18-11-14)22-15-7-5-4-6-8-15/h4-11,13H,3,12H2,1-2H3,(H,19,20)/t13-/m1/s1. The highest BCUT2D eigenvalue weighted by molar-refractivity contribution is 5.80. The van der Waals surface area contributed by atoms with Gasteiger partial charge in [0.2, 0.25) is 11.8 Å². The molecule has 0 radical (unpaired) electrons. The third-order valence-corrected chi connectivity index (χ3v) is 3.02. The second-order valence-electron chi connectivity index (χ2n) is 4.74. The number of ether oxygens (including phenoxy) is 2. The molecule has 0 unspecified atom stereocenters. The van der Waals surface area contributed by atoms with E-state index in [1.165, 1.54) is 0 Å². The van der Waals surface area contributed by atoms with Crippen molar-refractivity contribution in [2.45, 2.75) is 26.5 Å². The molecular formula is C17H20N2O3. The third kappa shape index (κ3) is 4.86. The number of benzene rings is 1. The fourth-order valence-electron chi connectivity index (χ4n) is 1.84. The van der Waals surface area contributed by atoms with Gasteiger partial charge in [-0.05, 0) is 31.5 Å². The van der Waals surface area contributed by atoms with Crippen molar-refractivity contribution in [2.24, 2.45) is 0 Å². The third-order valence-electron chi connectivity index (χ3n) is 3.02. The second-order valence-corrected chi connectivity index (χ2v) is 4.74. The predicted octanol–water partition coefficient (Wildman–Crippen LogP) is 2.92. The van der Waals surface area contributed by atoms with E-state index in [9.17, 15) is 4.79 Å². The van der Waals surface area contributed by atoms with Crippen molar-refractivity contribution in [3.8, 4) is 11.6 Å². The molecule has 116 valence electrons. The summed E-state index contributed by atoms with van der Waals surface area (Å²) in [6.07, 6.45) is 1.24. The fourth-order valence-corrected chi connectivity index (χ4v) is 1.84. The Bertz CT molecular complexity index is 585. The molecule has 1 aromatic carbocycles. The Labute approximate surface area is 130 Å². The molecule has 1 N–H and O–H groups in total. The van der Waals surface area contributed by atoms with Crippen molar-refractivity contribution in [1.29, 1.82) is 0 Å². The molecule has 1 heterocycles. The van der Waals surface area contributed by atoms with Gasteiger partial charge < -0.3 is 14.8 Å². The lowest BCUT2D eigenvalue weighted by molar-refractivity contribution is -0.131. The van der Waals surface area contributed by atoms with Gasteiger partial charge in [0.1, 0.15) is 11.9 Å². The van der Waals surface area contributed by atoms with E-state index in [-0.39, 0.29) is 5.91 Å². The monoisotopic (exact) mass is 300 g/mol. The van der Waals surface area contributed by atoms with Crippen LogP contribution < -0.4 is 10.1 Å². The highest BCUT2D eigenvalue weighted by Gasteiger charge is 2.11. The number of amides is 1. The molecule has 0 saturated carbocycles. The van der Waals surface area contributed by atoms with Crippen LogP contribution in [0.4, 0.5) is 0 Å². The summed E-state index contributed by atoms with van der Waals surface area (Å²) in [5, 5.41) is 2.81. The Morgan fingerprint density at radius 3 is 2.64 bits per heavy atom. The van der Waals surface area contributed by atoms with Gasteiger partial charge in [0, 0.05) is 25.4 Å². The van der Waals surface area contributed by atoms with Gasteiger partial charge in [-0.25, -0.2) is 4.98 Å². The van der Waals surface area contributed by atoms with E-state index in [0.717, 1.165) is 11.3 Å². The Morgan fingerprint density at radius 2 is 2.00 bits per heavy atom. The van der Waals surface area contributed by atoms with Crippen LogP contribution in [0.25, 0.3) is 0 Å². The lowest BCUT2D eigenvalue weighted by Crippen LogP contribution is -2.34. The van der Waals surface area contributed by atoms with E-state index in [1.54, 1.807) is 19.2 Å². The van der Waals surface area contributed by atoms with Gasteiger partial charge in [0.25, 0.3) is 0 Å². The van der Waals surface area contributed by atoms with E-state index in [0.29, 0.717) is 19.0 Å². The van der Waals surface area contributed by atoms with Gasteiger partial charge in [-0.3, -0.25) is 4.79 Å². The molecule has 0 aliphatic heterocycles. The molecule has 5 nitrogen and oxygen atoms in total. The Morgan fingerprint density at radius 1 is 1.23 bits per heavy atom. The van der Waals surface area contributed by atoms with Gasteiger partial charge in [-0.2, -0.15) is 0 Å². The maximum absolute atomic E-state index is 11.7. The van der Waals surface area contributed by atoms with E-state index < -0.39 is 6.10 Å². The van der Waals surface area contributed by atoms with Crippen LogP contribution in [0.2, 0.25) is 0 Å². The first kappa shape index (κ1) is 16.0. The molecule has 0 bridgehead atoms. The lowest BCUT2D eigenvalue weighted by Gasteiger charge is -2.12. The molecule has 0 aliphatic rings. The quantitative estimate of drug-likeness (QED) is 0.854. The zero-order valence-corrected chi connectivity index (χ0v) is 12.8. The van der Waals surface area contributed by atoms with Crippen molar-refractivity contribution >= 4 is 5.91 Å². The van der Waals surface area contributed by atoms with Crippen molar-refractivity contribution in [3.05, 3.63) is 54.2 Å². The summed E-state index contributed by atoms with van der Waals surface area (Å²) >= 11 is 0. The first-order valence-corrected chi connectivity index (χ1v) is 7.26. The molecule has 1 amide bonds. The molecule has 0 saturated heterocycles. The van der Waals surface area contributed by atoms with E-state index in [2.05, 4.69) is 10.3 Å². The highest BCUT2D eigenvalue weighted by Crippen LogP contribution is 2.18. The molecular weight excluding hydrogens is 280 g/mol. The Hall–Kier alpha value is -2.40. The van der Waals surface area contributed by atoms with Crippen LogP contribution in [0.3, 0.4) is 0 Å². The number of nitrogens with one attached hydrogen (secondary N) is 1. The van der Waals surface area contributed by atoms with Crippen LogP contribution in [-0.4, -0.2) is 23.6 Å². The van der Waals surface area contributed by atoms with Gasteiger partial charge in [0.15, 0.2) is 0 Å². The zero-order valence-electron chi connectivity index (χ0n) is 12.8. The van der Waals surface area contributed by atoms with Crippen molar-refractivity contribution in [1.82, 2.24) is 10.3 Å². The minimum atomic E-state index is -0.446. The van der Waals surface area contributed by atoms with Crippen LogP contribution in [0.15, 0.2) is 48.7 Å². The maximum atomic E-state index is 11.7. The summed E-state index contributed by atoms with van der Waals surface area (Å²) in [6, 6.07) is 13.1. The minimum absolute atomic E-state index is 0.133. The SMILES string of the molecule is CCO[C@H](C)C(=O)NCc1ccc(Oc2ccccc2)nc1. The minimum Gasteiger partial charge on any atom is -0.439 e. The van der Waals surface area contributed by atoms with Crippen molar-refractivity contribution in [3.63, 3.8) is 0 Å². The predicted molar refractivity (Wildman–Crippen MR) is 83.7 cm³/mol. The number of carbonyl (C=O) groups is 1. The van der Waals surface area contributed by atoms with Gasteiger partial charge in [-0.15, -0.1) is 0 Å². The normalized spacial score (nSPS) is 11.7. The summed E-state index contributed by atoms with van der Waals surface area (Å²) in [4.78, 5) is 16.0. The van der Waals surface area contributed by atoms with Gasteiger partial charge in [-0.1, -0.05) is 24.3 Å². The van der Waals surface area contributed by atoms with Crippen molar-refractivity contribution in [2.75, 3.05) is 6.61 Å². The van der Waals surface area contributed by atoms with Crippen LogP contribution in [0.1, 0.15) is 19.4 Å². The van der Waals surface area contributed by atoms with Crippen LogP contribution in [-0.2, 0) is 16.1 Å². The summed E-state index contributed by atoms with van der Waals surface area (Å²) in [5.41, 5.74) is 0.900. The number of para-hydroxylation sites is 1. The first-order chi connectivity index (χ1) is 10.7. The number of pyridine rings is 1. The molecule has 1 aromatic heterocycles. The number of nitrogens with zero attached hydrogens (tertiary/aromatic N) is 1. The molecule has 0 aliphatic carbocycles. The highest BCUT2D eigenvalue weighted by atomic mass is 16.5. The van der Waals surface area contributed by atoms with Gasteiger partial charge >= 0.3 is 0 Å².